The number of para-hydroxylation sites is 2. The van der Waals surface area contributed by atoms with Gasteiger partial charge in [0.05, 0.1) is 11.1 Å². The first-order valence-electron chi connectivity index (χ1n) is 9.54. The molecule has 0 unspecified atom stereocenters. The Hall–Kier alpha value is -3.87. The number of aromatic amines is 1. The summed E-state index contributed by atoms with van der Waals surface area (Å²) in [5.74, 6) is 0.501. The number of hydrogen-bond acceptors (Lipinski definition) is 5. The summed E-state index contributed by atoms with van der Waals surface area (Å²) in [6.07, 6.45) is 1.65. The molecule has 0 radical (unpaired) electrons. The van der Waals surface area contributed by atoms with Gasteiger partial charge in [-0.1, -0.05) is 45.0 Å². The van der Waals surface area contributed by atoms with E-state index in [9.17, 15) is 9.90 Å². The maximum absolute atomic E-state index is 11.4. The number of ether oxygens (including phenoxy) is 1. The lowest BCUT2D eigenvalue weighted by Gasteiger charge is -2.22. The van der Waals surface area contributed by atoms with Gasteiger partial charge in [0.25, 0.3) is 0 Å². The van der Waals surface area contributed by atoms with Crippen molar-refractivity contribution in [3.63, 3.8) is 0 Å². The van der Waals surface area contributed by atoms with Crippen LogP contribution in [-0.2, 0) is 5.41 Å². The van der Waals surface area contributed by atoms with Crippen LogP contribution in [-0.4, -0.2) is 26.0 Å². The number of nitrogens with one attached hydrogen (secondary N) is 2. The highest BCUT2D eigenvalue weighted by Gasteiger charge is 2.20. The number of carbonyl (C=O) groups is 1. The van der Waals surface area contributed by atoms with E-state index in [1.54, 1.807) is 24.4 Å². The predicted octanol–water partition coefficient (Wildman–Crippen LogP) is 5.49. The molecule has 0 spiro atoms. The number of anilines is 2. The van der Waals surface area contributed by atoms with E-state index in [2.05, 4.69) is 41.0 Å². The van der Waals surface area contributed by atoms with E-state index in [-0.39, 0.29) is 11.0 Å². The summed E-state index contributed by atoms with van der Waals surface area (Å²) in [5.41, 5.74) is 2.73. The van der Waals surface area contributed by atoms with E-state index < -0.39 is 5.97 Å². The molecule has 0 aliphatic rings. The molecule has 0 amide bonds. The molecule has 0 saturated carbocycles. The van der Waals surface area contributed by atoms with Gasteiger partial charge in [-0.05, 0) is 35.7 Å². The smallest absolute Gasteiger partial charge is 0.337 e. The molecule has 2 aromatic heterocycles. The lowest BCUT2D eigenvalue weighted by Crippen LogP contribution is -2.12. The Balaban J connectivity index is 1.68. The summed E-state index contributed by atoms with van der Waals surface area (Å²) in [6.45, 7) is 6.38. The van der Waals surface area contributed by atoms with Crippen LogP contribution in [0, 0.1) is 0 Å². The minimum Gasteiger partial charge on any atom is -0.478 e. The fourth-order valence-electron chi connectivity index (χ4n) is 3.24. The molecule has 0 aliphatic heterocycles. The number of carboxylic acid groups (broad SMARTS) is 1. The molecule has 0 bridgehead atoms. The van der Waals surface area contributed by atoms with Gasteiger partial charge in [-0.15, -0.1) is 0 Å². The number of fused-ring (bicyclic) bond motifs is 1. The number of H-pyrrole nitrogens is 1. The largest absolute Gasteiger partial charge is 0.478 e. The van der Waals surface area contributed by atoms with Crippen LogP contribution in [0.1, 0.15) is 36.7 Å². The second kappa shape index (κ2) is 7.51. The Bertz CT molecular complexity index is 1220. The number of aromatic carboxylic acids is 1. The molecule has 152 valence electrons. The highest BCUT2D eigenvalue weighted by molar-refractivity contribution is 6.01. The monoisotopic (exact) mass is 402 g/mol. The number of imidazole rings is 1. The lowest BCUT2D eigenvalue weighted by atomic mass is 9.86. The van der Waals surface area contributed by atoms with E-state index in [4.69, 9.17) is 4.74 Å². The van der Waals surface area contributed by atoms with Crippen LogP contribution >= 0.6 is 0 Å². The van der Waals surface area contributed by atoms with Crippen LogP contribution in [0.5, 0.6) is 11.6 Å². The van der Waals surface area contributed by atoms with Crippen LogP contribution < -0.4 is 10.1 Å². The molecule has 30 heavy (non-hydrogen) atoms. The Morgan fingerprint density at radius 1 is 1.07 bits per heavy atom. The Morgan fingerprint density at radius 3 is 2.63 bits per heavy atom. The minimum atomic E-state index is -1.03. The van der Waals surface area contributed by atoms with Crippen LogP contribution in [0.3, 0.4) is 0 Å². The Labute approximate surface area is 173 Å². The normalized spacial score (nSPS) is 11.4. The number of carboxylic acids is 1. The van der Waals surface area contributed by atoms with Crippen molar-refractivity contribution >= 4 is 28.6 Å². The van der Waals surface area contributed by atoms with Gasteiger partial charge in [0, 0.05) is 11.8 Å². The standard InChI is InChI=1S/C23H22N4O3/c1-23(2,3)15-9-4-5-12-18(15)30-20-17(11-7-13-24-20)26-22-25-16-10-6-8-14(21(28)29)19(16)27-22/h4-13H,1-3H3,(H,28,29)(H2,25,26,27). The summed E-state index contributed by atoms with van der Waals surface area (Å²) >= 11 is 0. The molecular formula is C23H22N4O3. The molecule has 4 rings (SSSR count). The molecule has 7 nitrogen and oxygen atoms in total. The summed E-state index contributed by atoms with van der Waals surface area (Å²) in [6, 6.07) is 16.5. The van der Waals surface area contributed by atoms with Gasteiger partial charge >= 0.3 is 5.97 Å². The third-order valence-corrected chi connectivity index (χ3v) is 4.67. The van der Waals surface area contributed by atoms with Gasteiger partial charge in [0.15, 0.2) is 0 Å². The molecule has 0 atom stereocenters. The average molecular weight is 402 g/mol. The predicted molar refractivity (Wildman–Crippen MR) is 116 cm³/mol. The maximum Gasteiger partial charge on any atom is 0.337 e. The van der Waals surface area contributed by atoms with E-state index >= 15 is 0 Å². The van der Waals surface area contributed by atoms with E-state index in [0.717, 1.165) is 11.3 Å². The fraction of sp³-hybridized carbons (Fsp3) is 0.174. The van der Waals surface area contributed by atoms with Gasteiger partial charge in [-0.2, -0.15) is 0 Å². The zero-order valence-electron chi connectivity index (χ0n) is 16.9. The van der Waals surface area contributed by atoms with Crippen molar-refractivity contribution in [2.45, 2.75) is 26.2 Å². The van der Waals surface area contributed by atoms with Gasteiger partial charge < -0.3 is 20.1 Å². The maximum atomic E-state index is 11.4. The first-order valence-corrected chi connectivity index (χ1v) is 9.54. The van der Waals surface area contributed by atoms with Gasteiger partial charge in [0.1, 0.15) is 17.0 Å². The number of rotatable bonds is 5. The summed E-state index contributed by atoms with van der Waals surface area (Å²) in [5, 5.41) is 12.5. The molecule has 7 heteroatoms. The van der Waals surface area contributed by atoms with Crippen molar-refractivity contribution in [1.82, 2.24) is 15.0 Å². The number of hydrogen-bond donors (Lipinski definition) is 3. The van der Waals surface area contributed by atoms with Crippen LogP contribution in [0.2, 0.25) is 0 Å². The van der Waals surface area contributed by atoms with Crippen LogP contribution in [0.15, 0.2) is 60.8 Å². The second-order valence-corrected chi connectivity index (χ2v) is 7.92. The number of benzene rings is 2. The second-order valence-electron chi connectivity index (χ2n) is 7.92. The first-order chi connectivity index (χ1) is 14.3. The van der Waals surface area contributed by atoms with Crippen molar-refractivity contribution in [2.75, 3.05) is 5.32 Å². The fourth-order valence-corrected chi connectivity index (χ4v) is 3.24. The zero-order chi connectivity index (χ0) is 21.3. The third-order valence-electron chi connectivity index (χ3n) is 4.67. The third kappa shape index (κ3) is 3.82. The summed E-state index contributed by atoms with van der Waals surface area (Å²) in [7, 11) is 0. The highest BCUT2D eigenvalue weighted by atomic mass is 16.5. The lowest BCUT2D eigenvalue weighted by molar-refractivity contribution is 0.0699. The zero-order valence-corrected chi connectivity index (χ0v) is 16.9. The van der Waals surface area contributed by atoms with Crippen molar-refractivity contribution in [1.29, 1.82) is 0 Å². The van der Waals surface area contributed by atoms with Crippen LogP contribution in [0.4, 0.5) is 11.6 Å². The molecule has 0 saturated heterocycles. The van der Waals surface area contributed by atoms with Gasteiger partial charge in [-0.25, -0.2) is 14.8 Å². The molecule has 2 heterocycles. The molecule has 3 N–H and O–H groups in total. The molecule has 0 aliphatic carbocycles. The van der Waals surface area contributed by atoms with E-state index in [1.165, 1.54) is 6.07 Å². The Kier molecular flexibility index (Phi) is 4.87. The quantitative estimate of drug-likeness (QED) is 0.408. The molecule has 4 aromatic rings. The molecule has 2 aromatic carbocycles. The summed E-state index contributed by atoms with van der Waals surface area (Å²) < 4.78 is 6.17. The summed E-state index contributed by atoms with van der Waals surface area (Å²) in [4.78, 5) is 23.3. The number of pyridine rings is 1. The van der Waals surface area contributed by atoms with Gasteiger partial charge in [0.2, 0.25) is 11.8 Å². The van der Waals surface area contributed by atoms with Crippen molar-refractivity contribution < 1.29 is 14.6 Å². The van der Waals surface area contributed by atoms with Gasteiger partial charge in [-0.3, -0.25) is 0 Å². The van der Waals surface area contributed by atoms with E-state index in [0.29, 0.717) is 28.5 Å². The SMILES string of the molecule is CC(C)(C)c1ccccc1Oc1ncccc1Nc1nc2c(C(=O)O)cccc2[nH]1. The number of aromatic nitrogens is 3. The van der Waals surface area contributed by atoms with Crippen molar-refractivity contribution in [3.05, 3.63) is 71.9 Å². The van der Waals surface area contributed by atoms with Crippen molar-refractivity contribution in [2.24, 2.45) is 0 Å². The van der Waals surface area contributed by atoms with Crippen LogP contribution in [0.25, 0.3) is 11.0 Å². The number of nitrogens with zero attached hydrogens (tertiary/aromatic N) is 2. The molecule has 0 fully saturated rings. The topological polar surface area (TPSA) is 100 Å². The Morgan fingerprint density at radius 2 is 1.87 bits per heavy atom. The van der Waals surface area contributed by atoms with Crippen molar-refractivity contribution in [3.8, 4) is 11.6 Å². The average Bonchev–Trinajstić information content (AvgIpc) is 3.11. The highest BCUT2D eigenvalue weighted by Crippen LogP contribution is 2.36. The van der Waals surface area contributed by atoms with E-state index in [1.807, 2.05) is 30.3 Å². The minimum absolute atomic E-state index is 0.0923. The first kappa shape index (κ1) is 19.4. The molecular weight excluding hydrogens is 380 g/mol.